The summed E-state index contributed by atoms with van der Waals surface area (Å²) in [6.07, 6.45) is 5.63. The molecule has 1 saturated carbocycles. The van der Waals surface area contributed by atoms with Gasteiger partial charge in [-0.3, -0.25) is 9.59 Å². The predicted molar refractivity (Wildman–Crippen MR) is 132 cm³/mol. The first-order valence-electron chi connectivity index (χ1n) is 11.7. The van der Waals surface area contributed by atoms with Crippen molar-refractivity contribution in [2.75, 3.05) is 18.8 Å². The first-order chi connectivity index (χ1) is 17.3. The standard InChI is InChI=1S/C26H23FN6O3/c1-3-20(34)32-9-6-16(13-32)33-12-15(21-22(33)24(35)31-30-23(21)28)5-4-14-10-18-19(11-17(14)27)36-25(29-18)26(2)7-8-26/h3,10-12,16H,1,6-9,13H2,2H3,(H2,28,30)(H,31,35)/t16-/m0/s1. The third-order valence-electron chi connectivity index (χ3n) is 7.15. The summed E-state index contributed by atoms with van der Waals surface area (Å²) in [6, 6.07) is 2.72. The van der Waals surface area contributed by atoms with Gasteiger partial charge in [0.1, 0.15) is 16.9 Å². The second-order valence-electron chi connectivity index (χ2n) is 9.67. The van der Waals surface area contributed by atoms with Crippen LogP contribution in [0, 0.1) is 17.7 Å². The van der Waals surface area contributed by atoms with Gasteiger partial charge in [-0.25, -0.2) is 14.5 Å². The number of hydrogen-bond acceptors (Lipinski definition) is 6. The molecule has 2 aliphatic rings. The fourth-order valence-corrected chi connectivity index (χ4v) is 4.75. The van der Waals surface area contributed by atoms with Crippen LogP contribution in [0.15, 0.2) is 40.2 Å². The number of halogens is 1. The highest BCUT2D eigenvalue weighted by Gasteiger charge is 2.44. The number of anilines is 1. The van der Waals surface area contributed by atoms with Crippen molar-refractivity contribution in [2.45, 2.75) is 37.6 Å². The predicted octanol–water partition coefficient (Wildman–Crippen LogP) is 3.00. The molecule has 4 aromatic rings. The summed E-state index contributed by atoms with van der Waals surface area (Å²) in [7, 11) is 0. The minimum Gasteiger partial charge on any atom is -0.440 e. The minimum atomic E-state index is -0.527. The molecule has 3 aromatic heterocycles. The molecule has 1 aliphatic heterocycles. The van der Waals surface area contributed by atoms with E-state index in [0.717, 1.165) is 12.8 Å². The molecule has 182 valence electrons. The first-order valence-corrected chi connectivity index (χ1v) is 11.7. The number of nitrogens with zero attached hydrogens (tertiary/aromatic N) is 4. The van der Waals surface area contributed by atoms with Crippen LogP contribution in [0.2, 0.25) is 0 Å². The Bertz CT molecular complexity index is 1700. The van der Waals surface area contributed by atoms with Gasteiger partial charge in [0.25, 0.3) is 5.56 Å². The molecule has 2 fully saturated rings. The molecule has 1 aromatic carbocycles. The molecule has 0 bridgehead atoms. The second-order valence-corrected chi connectivity index (χ2v) is 9.67. The Morgan fingerprint density at radius 3 is 2.89 bits per heavy atom. The van der Waals surface area contributed by atoms with E-state index in [1.54, 1.807) is 21.7 Å². The molecular formula is C26H23FN6O3. The van der Waals surface area contributed by atoms with Gasteiger partial charge in [-0.15, -0.1) is 0 Å². The number of fused-ring (bicyclic) bond motifs is 2. The van der Waals surface area contributed by atoms with Gasteiger partial charge >= 0.3 is 0 Å². The van der Waals surface area contributed by atoms with Crippen molar-refractivity contribution in [3.8, 4) is 11.8 Å². The number of nitrogens with two attached hydrogens (primary N) is 1. The van der Waals surface area contributed by atoms with Crippen LogP contribution in [0.5, 0.6) is 0 Å². The second kappa shape index (κ2) is 7.81. The molecule has 1 amide bonds. The minimum absolute atomic E-state index is 0.0765. The Hall–Kier alpha value is -4.39. The number of likely N-dealkylation sites (tertiary alicyclic amines) is 1. The number of carbonyl (C=O) groups excluding carboxylic acids is 1. The summed E-state index contributed by atoms with van der Waals surface area (Å²) in [5.41, 5.74) is 7.48. The maximum atomic E-state index is 14.9. The van der Waals surface area contributed by atoms with Crippen molar-refractivity contribution < 1.29 is 13.6 Å². The van der Waals surface area contributed by atoms with E-state index in [0.29, 0.717) is 53.0 Å². The van der Waals surface area contributed by atoms with Gasteiger partial charge in [0.15, 0.2) is 11.4 Å². The monoisotopic (exact) mass is 486 g/mol. The lowest BCUT2D eigenvalue weighted by Crippen LogP contribution is -2.27. The fraction of sp³-hybridized carbons (Fsp3) is 0.308. The van der Waals surface area contributed by atoms with Crippen LogP contribution >= 0.6 is 0 Å². The van der Waals surface area contributed by atoms with Crippen molar-refractivity contribution in [1.82, 2.24) is 24.6 Å². The van der Waals surface area contributed by atoms with E-state index >= 15 is 0 Å². The quantitative estimate of drug-likeness (QED) is 0.339. The van der Waals surface area contributed by atoms with Gasteiger partial charge in [0.2, 0.25) is 11.8 Å². The van der Waals surface area contributed by atoms with Crippen molar-refractivity contribution in [1.29, 1.82) is 0 Å². The molecule has 1 saturated heterocycles. The van der Waals surface area contributed by atoms with Crippen LogP contribution in [0.25, 0.3) is 22.0 Å². The third kappa shape index (κ3) is 3.47. The van der Waals surface area contributed by atoms with E-state index in [2.05, 4.69) is 40.5 Å². The molecule has 1 atom stereocenters. The lowest BCUT2D eigenvalue weighted by molar-refractivity contribution is -0.125. The highest BCUT2D eigenvalue weighted by molar-refractivity contribution is 5.94. The largest absolute Gasteiger partial charge is 0.440 e. The van der Waals surface area contributed by atoms with E-state index < -0.39 is 11.4 Å². The smallest absolute Gasteiger partial charge is 0.288 e. The molecule has 3 N–H and O–H groups in total. The summed E-state index contributed by atoms with van der Waals surface area (Å²) >= 11 is 0. The maximum Gasteiger partial charge on any atom is 0.288 e. The number of nitrogens with one attached hydrogen (secondary N) is 1. The van der Waals surface area contributed by atoms with Crippen molar-refractivity contribution >= 4 is 33.7 Å². The summed E-state index contributed by atoms with van der Waals surface area (Å²) in [4.78, 5) is 31.0. The first kappa shape index (κ1) is 22.1. The number of amides is 1. The molecule has 0 unspecified atom stereocenters. The number of nitrogen functional groups attached to an aromatic ring is 1. The van der Waals surface area contributed by atoms with E-state index in [1.165, 1.54) is 12.1 Å². The summed E-state index contributed by atoms with van der Waals surface area (Å²) in [6.45, 7) is 6.57. The third-order valence-corrected chi connectivity index (χ3v) is 7.15. The molecule has 9 nitrogen and oxygen atoms in total. The van der Waals surface area contributed by atoms with Crippen LogP contribution in [-0.2, 0) is 10.2 Å². The zero-order chi connectivity index (χ0) is 25.2. The number of oxazole rings is 1. The number of benzene rings is 1. The topological polar surface area (TPSA) is 123 Å². The molecule has 0 spiro atoms. The Labute approximate surface area is 204 Å². The van der Waals surface area contributed by atoms with Crippen LogP contribution in [0.3, 0.4) is 0 Å². The Morgan fingerprint density at radius 1 is 1.36 bits per heavy atom. The fourth-order valence-electron chi connectivity index (χ4n) is 4.75. The van der Waals surface area contributed by atoms with Gasteiger partial charge in [0.05, 0.1) is 22.6 Å². The van der Waals surface area contributed by atoms with Crippen LogP contribution in [0.1, 0.15) is 49.2 Å². The Kier molecular flexibility index (Phi) is 4.80. The zero-order valence-electron chi connectivity index (χ0n) is 19.6. The number of carbonyl (C=O) groups is 1. The van der Waals surface area contributed by atoms with Gasteiger partial charge in [-0.05, 0) is 31.4 Å². The summed E-state index contributed by atoms with van der Waals surface area (Å²) < 4.78 is 22.4. The van der Waals surface area contributed by atoms with Crippen LogP contribution < -0.4 is 11.3 Å². The number of H-pyrrole nitrogens is 1. The van der Waals surface area contributed by atoms with E-state index in [-0.39, 0.29) is 28.7 Å². The molecule has 36 heavy (non-hydrogen) atoms. The highest BCUT2D eigenvalue weighted by Crippen LogP contribution is 2.47. The van der Waals surface area contributed by atoms with E-state index in [4.69, 9.17) is 10.2 Å². The van der Waals surface area contributed by atoms with Crippen molar-refractivity contribution in [2.24, 2.45) is 0 Å². The normalized spacial score (nSPS) is 18.4. The molecule has 10 heteroatoms. The average Bonchev–Trinajstić information content (AvgIpc) is 3.25. The van der Waals surface area contributed by atoms with E-state index in [1.807, 2.05) is 0 Å². The Morgan fingerprint density at radius 2 is 2.14 bits per heavy atom. The van der Waals surface area contributed by atoms with Gasteiger partial charge < -0.3 is 19.6 Å². The van der Waals surface area contributed by atoms with Crippen molar-refractivity contribution in [3.05, 3.63) is 64.2 Å². The van der Waals surface area contributed by atoms with Crippen molar-refractivity contribution in [3.63, 3.8) is 0 Å². The summed E-state index contributed by atoms with van der Waals surface area (Å²) in [5, 5.41) is 6.70. The molecule has 1 aliphatic carbocycles. The number of aromatic amines is 1. The van der Waals surface area contributed by atoms with Gasteiger partial charge in [-0.1, -0.05) is 25.3 Å². The van der Waals surface area contributed by atoms with Crippen LogP contribution in [-0.4, -0.2) is 43.6 Å². The molecule has 4 heterocycles. The molecule has 6 rings (SSSR count). The zero-order valence-corrected chi connectivity index (χ0v) is 19.6. The number of hydrogen-bond donors (Lipinski definition) is 2. The SMILES string of the molecule is C=CC(=O)N1CC[C@H](n2cc(C#Cc3cc4nc(C5(C)CC5)oc4cc3F)c3c(N)n[nH]c(=O)c32)C1. The lowest BCUT2D eigenvalue weighted by atomic mass is 10.1. The molecular weight excluding hydrogens is 463 g/mol. The molecule has 0 radical (unpaired) electrons. The van der Waals surface area contributed by atoms with Crippen LogP contribution in [0.4, 0.5) is 10.2 Å². The number of aromatic nitrogens is 4. The lowest BCUT2D eigenvalue weighted by Gasteiger charge is -2.16. The summed E-state index contributed by atoms with van der Waals surface area (Å²) in [5.74, 6) is 5.88. The maximum absolute atomic E-state index is 14.9. The highest BCUT2D eigenvalue weighted by atomic mass is 19.1. The average molecular weight is 487 g/mol. The Balaban J connectivity index is 1.42. The van der Waals surface area contributed by atoms with E-state index in [9.17, 15) is 14.0 Å². The number of rotatable bonds is 3. The van der Waals surface area contributed by atoms with Gasteiger partial charge in [0, 0.05) is 30.8 Å². The van der Waals surface area contributed by atoms with Gasteiger partial charge in [-0.2, -0.15) is 5.10 Å².